The molecule has 0 atom stereocenters. The van der Waals surface area contributed by atoms with Crippen LogP contribution in [-0.4, -0.2) is 46.9 Å². The second-order valence-electron chi connectivity index (χ2n) is 7.16. The number of amides is 3. The van der Waals surface area contributed by atoms with Gasteiger partial charge in [0.15, 0.2) is 6.61 Å². The summed E-state index contributed by atoms with van der Waals surface area (Å²) in [4.78, 5) is 50.2. The van der Waals surface area contributed by atoms with E-state index in [1.807, 2.05) is 13.8 Å². The Morgan fingerprint density at radius 1 is 1.17 bits per heavy atom. The molecule has 9 heteroatoms. The molecular weight excluding hydrogens is 378 g/mol. The molecule has 0 spiro atoms. The van der Waals surface area contributed by atoms with Gasteiger partial charge in [0.25, 0.3) is 17.7 Å². The number of ether oxygens (including phenoxy) is 1. The highest BCUT2D eigenvalue weighted by atomic mass is 16.5. The van der Waals surface area contributed by atoms with Crippen LogP contribution in [0.5, 0.6) is 0 Å². The third kappa shape index (κ3) is 4.50. The highest BCUT2D eigenvalue weighted by Crippen LogP contribution is 2.25. The van der Waals surface area contributed by atoms with Gasteiger partial charge in [0.1, 0.15) is 0 Å². The van der Waals surface area contributed by atoms with Crippen LogP contribution in [0.3, 0.4) is 0 Å². The number of carbonyl (C=O) groups excluding carboxylic acids is 4. The van der Waals surface area contributed by atoms with E-state index in [0.717, 1.165) is 0 Å². The number of benzene rings is 1. The third-order valence-corrected chi connectivity index (χ3v) is 4.36. The standard InChI is InChI=1S/C20H21N3O6/c1-11(2)6-7-23-18(25)14-5-4-13(9-15(14)19(23)26)20(27)28-10-16(24)21-17-8-12(3)22-29-17/h4-5,8-9,11H,6-7,10H2,1-3H3,(H,21,24). The van der Waals surface area contributed by atoms with Crippen LogP contribution in [0.25, 0.3) is 0 Å². The quantitative estimate of drug-likeness (QED) is 0.561. The van der Waals surface area contributed by atoms with Gasteiger partial charge in [0.2, 0.25) is 5.88 Å². The van der Waals surface area contributed by atoms with E-state index in [1.54, 1.807) is 6.92 Å². The van der Waals surface area contributed by atoms with Crippen molar-refractivity contribution in [1.29, 1.82) is 0 Å². The lowest BCUT2D eigenvalue weighted by Gasteiger charge is -2.14. The minimum absolute atomic E-state index is 0.0823. The number of hydrogen-bond acceptors (Lipinski definition) is 7. The summed E-state index contributed by atoms with van der Waals surface area (Å²) in [6, 6.07) is 5.67. The molecular formula is C20H21N3O6. The number of aromatic nitrogens is 1. The molecule has 9 nitrogen and oxygen atoms in total. The summed E-state index contributed by atoms with van der Waals surface area (Å²) in [5.41, 5.74) is 1.10. The van der Waals surface area contributed by atoms with Crippen LogP contribution >= 0.6 is 0 Å². The molecule has 0 fully saturated rings. The first-order valence-electron chi connectivity index (χ1n) is 9.16. The Morgan fingerprint density at radius 3 is 2.55 bits per heavy atom. The molecule has 0 saturated carbocycles. The zero-order chi connectivity index (χ0) is 21.1. The van der Waals surface area contributed by atoms with Gasteiger partial charge in [-0.05, 0) is 37.5 Å². The second kappa shape index (κ2) is 8.26. The van der Waals surface area contributed by atoms with E-state index in [0.29, 0.717) is 24.6 Å². The van der Waals surface area contributed by atoms with Gasteiger partial charge in [-0.15, -0.1) is 0 Å². The van der Waals surface area contributed by atoms with Crippen LogP contribution in [0.4, 0.5) is 5.88 Å². The first-order chi connectivity index (χ1) is 13.8. The average molecular weight is 399 g/mol. The summed E-state index contributed by atoms with van der Waals surface area (Å²) in [5, 5.41) is 6.03. The molecule has 0 radical (unpaired) electrons. The third-order valence-electron chi connectivity index (χ3n) is 4.36. The fourth-order valence-electron chi connectivity index (χ4n) is 2.82. The summed E-state index contributed by atoms with van der Waals surface area (Å²) in [7, 11) is 0. The van der Waals surface area contributed by atoms with E-state index in [1.165, 1.54) is 29.2 Å². The normalized spacial score (nSPS) is 13.0. The maximum atomic E-state index is 12.5. The number of nitrogens with zero attached hydrogens (tertiary/aromatic N) is 2. The number of nitrogens with one attached hydrogen (secondary N) is 1. The molecule has 0 unspecified atom stereocenters. The number of hydrogen-bond donors (Lipinski definition) is 1. The topological polar surface area (TPSA) is 119 Å². The number of imide groups is 1. The van der Waals surface area contributed by atoms with Gasteiger partial charge >= 0.3 is 5.97 Å². The van der Waals surface area contributed by atoms with Crippen LogP contribution in [0.15, 0.2) is 28.8 Å². The van der Waals surface area contributed by atoms with E-state index >= 15 is 0 Å². The number of rotatable bonds is 7. The number of fused-ring (bicyclic) bond motifs is 1. The van der Waals surface area contributed by atoms with E-state index in [9.17, 15) is 19.2 Å². The van der Waals surface area contributed by atoms with Gasteiger partial charge in [0.05, 0.1) is 22.4 Å². The van der Waals surface area contributed by atoms with Gasteiger partial charge in [0, 0.05) is 12.6 Å². The Kier molecular flexibility index (Phi) is 5.76. The van der Waals surface area contributed by atoms with Crippen molar-refractivity contribution in [2.45, 2.75) is 27.2 Å². The predicted octanol–water partition coefficient (Wildman–Crippen LogP) is 2.42. The van der Waals surface area contributed by atoms with Crippen molar-refractivity contribution in [2.75, 3.05) is 18.5 Å². The van der Waals surface area contributed by atoms with Gasteiger partial charge in [-0.1, -0.05) is 19.0 Å². The highest BCUT2D eigenvalue weighted by Gasteiger charge is 2.35. The largest absolute Gasteiger partial charge is 0.452 e. The minimum atomic E-state index is -0.780. The van der Waals surface area contributed by atoms with Crippen LogP contribution in [-0.2, 0) is 9.53 Å². The maximum absolute atomic E-state index is 12.5. The molecule has 0 saturated heterocycles. The summed E-state index contributed by atoms with van der Waals surface area (Å²) in [6.45, 7) is 5.50. The van der Waals surface area contributed by atoms with Gasteiger partial charge in [-0.3, -0.25) is 24.6 Å². The number of aryl methyl sites for hydroxylation is 1. The van der Waals surface area contributed by atoms with Crippen LogP contribution in [0, 0.1) is 12.8 Å². The zero-order valence-electron chi connectivity index (χ0n) is 16.4. The summed E-state index contributed by atoms with van der Waals surface area (Å²) in [5.74, 6) is -1.69. The second-order valence-corrected chi connectivity index (χ2v) is 7.16. The number of esters is 1. The van der Waals surface area contributed by atoms with Gasteiger partial charge < -0.3 is 9.26 Å². The van der Waals surface area contributed by atoms with E-state index < -0.39 is 24.4 Å². The predicted molar refractivity (Wildman–Crippen MR) is 101 cm³/mol. The zero-order valence-corrected chi connectivity index (χ0v) is 16.4. The Bertz CT molecular complexity index is 978. The number of anilines is 1. The lowest BCUT2D eigenvalue weighted by atomic mass is 10.1. The Labute approximate surface area is 167 Å². The number of carbonyl (C=O) groups is 4. The molecule has 1 aromatic carbocycles. The van der Waals surface area contributed by atoms with Crippen LogP contribution in [0.2, 0.25) is 0 Å². The lowest BCUT2D eigenvalue weighted by molar-refractivity contribution is -0.119. The van der Waals surface area contributed by atoms with Crippen LogP contribution < -0.4 is 5.32 Å². The molecule has 2 aromatic rings. The molecule has 152 valence electrons. The van der Waals surface area contributed by atoms with Crippen LogP contribution in [0.1, 0.15) is 57.0 Å². The van der Waals surface area contributed by atoms with Crippen molar-refractivity contribution < 1.29 is 28.4 Å². The Balaban J connectivity index is 1.62. The Morgan fingerprint density at radius 2 is 1.90 bits per heavy atom. The van der Waals surface area contributed by atoms with Crippen molar-refractivity contribution in [3.05, 3.63) is 46.6 Å². The molecule has 1 aliphatic heterocycles. The molecule has 0 aliphatic carbocycles. The van der Waals surface area contributed by atoms with E-state index in [2.05, 4.69) is 10.5 Å². The fourth-order valence-corrected chi connectivity index (χ4v) is 2.82. The molecule has 29 heavy (non-hydrogen) atoms. The maximum Gasteiger partial charge on any atom is 0.338 e. The summed E-state index contributed by atoms with van der Waals surface area (Å²) >= 11 is 0. The molecule has 2 heterocycles. The molecule has 1 aliphatic rings. The first-order valence-corrected chi connectivity index (χ1v) is 9.16. The van der Waals surface area contributed by atoms with Gasteiger partial charge in [-0.2, -0.15) is 0 Å². The van der Waals surface area contributed by atoms with Crippen molar-refractivity contribution >= 4 is 29.6 Å². The smallest absolute Gasteiger partial charge is 0.338 e. The SMILES string of the molecule is Cc1cc(NC(=O)COC(=O)c2ccc3c(c2)C(=O)N(CCC(C)C)C3=O)on1. The summed E-state index contributed by atoms with van der Waals surface area (Å²) < 4.78 is 9.82. The van der Waals surface area contributed by atoms with Crippen molar-refractivity contribution in [3.63, 3.8) is 0 Å². The molecule has 0 bridgehead atoms. The average Bonchev–Trinajstić information content (AvgIpc) is 3.19. The van der Waals surface area contributed by atoms with Crippen molar-refractivity contribution in [3.8, 4) is 0 Å². The summed E-state index contributed by atoms with van der Waals surface area (Å²) in [6.07, 6.45) is 0.695. The molecule has 3 amide bonds. The fraction of sp³-hybridized carbons (Fsp3) is 0.350. The monoisotopic (exact) mass is 399 g/mol. The molecule has 3 rings (SSSR count). The highest BCUT2D eigenvalue weighted by molar-refractivity contribution is 6.22. The van der Waals surface area contributed by atoms with E-state index in [-0.39, 0.29) is 28.5 Å². The van der Waals surface area contributed by atoms with Gasteiger partial charge in [-0.25, -0.2) is 4.79 Å². The lowest BCUT2D eigenvalue weighted by Crippen LogP contribution is -2.31. The van der Waals surface area contributed by atoms with E-state index in [4.69, 9.17) is 9.26 Å². The minimum Gasteiger partial charge on any atom is -0.452 e. The first kappa shape index (κ1) is 20.2. The molecule has 1 aromatic heterocycles. The van der Waals surface area contributed by atoms with Crippen molar-refractivity contribution in [1.82, 2.24) is 10.1 Å². The Hall–Kier alpha value is -3.49. The van der Waals surface area contributed by atoms with Crippen molar-refractivity contribution in [2.24, 2.45) is 5.92 Å². The molecule has 1 N–H and O–H groups in total.